The lowest BCUT2D eigenvalue weighted by Crippen LogP contribution is -2.12. The fourth-order valence-electron chi connectivity index (χ4n) is 1.44. The van der Waals surface area contributed by atoms with Gasteiger partial charge >= 0.3 is 5.97 Å². The second kappa shape index (κ2) is 6.18. The van der Waals surface area contributed by atoms with Gasteiger partial charge in [0.25, 0.3) is 0 Å². The average molecular weight is 237 g/mol. The summed E-state index contributed by atoms with van der Waals surface area (Å²) in [5, 5.41) is 11.9. The summed E-state index contributed by atoms with van der Waals surface area (Å²) in [7, 11) is 0. The van der Waals surface area contributed by atoms with Crippen molar-refractivity contribution in [2.75, 3.05) is 11.9 Å². The highest BCUT2D eigenvalue weighted by atomic mass is 16.4. The molecule has 0 spiro atoms. The van der Waals surface area contributed by atoms with Crippen LogP contribution in [-0.2, 0) is 4.79 Å². The fourth-order valence-corrected chi connectivity index (χ4v) is 1.44. The van der Waals surface area contributed by atoms with Gasteiger partial charge in [0.05, 0.1) is 17.3 Å². The van der Waals surface area contributed by atoms with Gasteiger partial charge in [0.1, 0.15) is 5.82 Å². The zero-order valence-electron chi connectivity index (χ0n) is 10.5. The zero-order chi connectivity index (χ0) is 12.8. The molecule has 94 valence electrons. The molecule has 2 N–H and O–H groups in total. The molecule has 0 bridgehead atoms. The minimum atomic E-state index is -0.739. The second-order valence-corrected chi connectivity index (χ2v) is 4.25. The van der Waals surface area contributed by atoms with Crippen molar-refractivity contribution < 1.29 is 9.90 Å². The zero-order valence-corrected chi connectivity index (χ0v) is 10.5. The molecule has 0 aliphatic heterocycles. The highest BCUT2D eigenvalue weighted by molar-refractivity contribution is 5.69. The molecule has 5 heteroatoms. The van der Waals surface area contributed by atoms with Gasteiger partial charge in [-0.15, -0.1) is 0 Å². The predicted molar refractivity (Wildman–Crippen MR) is 66.0 cm³/mol. The van der Waals surface area contributed by atoms with Gasteiger partial charge < -0.3 is 10.4 Å². The summed E-state index contributed by atoms with van der Waals surface area (Å²) in [5.74, 6) is -0.244. The summed E-state index contributed by atoms with van der Waals surface area (Å²) in [6.07, 6.45) is 3.20. The van der Waals surface area contributed by atoms with Crippen LogP contribution in [0.4, 0.5) is 5.82 Å². The number of anilines is 1. The van der Waals surface area contributed by atoms with Crippen molar-refractivity contribution in [1.29, 1.82) is 0 Å². The first-order chi connectivity index (χ1) is 8.00. The number of aliphatic carboxylic acids is 1. The first-order valence-corrected chi connectivity index (χ1v) is 5.77. The fraction of sp³-hybridized carbons (Fsp3) is 0.583. The maximum atomic E-state index is 10.6. The molecular formula is C12H19N3O2. The summed E-state index contributed by atoms with van der Waals surface area (Å²) in [6, 6.07) is 0. The SMILES string of the molecule is Cc1cnc(C)c(NCCCC(C)C(=O)O)n1. The second-order valence-electron chi connectivity index (χ2n) is 4.25. The maximum absolute atomic E-state index is 10.6. The number of hydrogen-bond acceptors (Lipinski definition) is 4. The smallest absolute Gasteiger partial charge is 0.306 e. The van der Waals surface area contributed by atoms with Crippen molar-refractivity contribution in [3.63, 3.8) is 0 Å². The molecule has 0 amide bonds. The highest BCUT2D eigenvalue weighted by Crippen LogP contribution is 2.10. The van der Waals surface area contributed by atoms with E-state index in [1.165, 1.54) is 0 Å². The van der Waals surface area contributed by atoms with Crippen molar-refractivity contribution in [2.24, 2.45) is 5.92 Å². The first-order valence-electron chi connectivity index (χ1n) is 5.77. The van der Waals surface area contributed by atoms with E-state index in [2.05, 4.69) is 15.3 Å². The van der Waals surface area contributed by atoms with Crippen molar-refractivity contribution in [3.8, 4) is 0 Å². The average Bonchev–Trinajstić information content (AvgIpc) is 2.28. The molecular weight excluding hydrogens is 218 g/mol. The van der Waals surface area contributed by atoms with Crippen LogP contribution in [0.5, 0.6) is 0 Å². The molecule has 1 heterocycles. The number of carboxylic acids is 1. The highest BCUT2D eigenvalue weighted by Gasteiger charge is 2.09. The topological polar surface area (TPSA) is 75.1 Å². The third-order valence-corrected chi connectivity index (χ3v) is 2.60. The number of aryl methyl sites for hydroxylation is 2. The van der Waals surface area contributed by atoms with E-state index in [0.717, 1.165) is 30.2 Å². The van der Waals surface area contributed by atoms with Crippen LogP contribution in [0.3, 0.4) is 0 Å². The van der Waals surface area contributed by atoms with Crippen LogP contribution in [0.2, 0.25) is 0 Å². The molecule has 1 rings (SSSR count). The Morgan fingerprint density at radius 2 is 2.24 bits per heavy atom. The Kier molecular flexibility index (Phi) is 4.87. The Morgan fingerprint density at radius 3 is 2.88 bits per heavy atom. The van der Waals surface area contributed by atoms with Gasteiger partial charge in [-0.3, -0.25) is 9.78 Å². The van der Waals surface area contributed by atoms with E-state index in [4.69, 9.17) is 5.11 Å². The number of rotatable bonds is 6. The van der Waals surface area contributed by atoms with E-state index in [1.807, 2.05) is 13.8 Å². The Hall–Kier alpha value is -1.65. The van der Waals surface area contributed by atoms with E-state index in [9.17, 15) is 4.79 Å². The summed E-state index contributed by atoms with van der Waals surface area (Å²) < 4.78 is 0. The maximum Gasteiger partial charge on any atom is 0.306 e. The molecule has 5 nitrogen and oxygen atoms in total. The van der Waals surface area contributed by atoms with Crippen molar-refractivity contribution in [3.05, 3.63) is 17.6 Å². The van der Waals surface area contributed by atoms with Gasteiger partial charge in [-0.25, -0.2) is 4.98 Å². The molecule has 1 aromatic rings. The molecule has 0 radical (unpaired) electrons. The number of carboxylic acid groups (broad SMARTS) is 1. The van der Waals surface area contributed by atoms with Gasteiger partial charge in [0.2, 0.25) is 0 Å². The van der Waals surface area contributed by atoms with Crippen LogP contribution >= 0.6 is 0 Å². The summed E-state index contributed by atoms with van der Waals surface area (Å²) in [6.45, 7) is 6.23. The van der Waals surface area contributed by atoms with Crippen LogP contribution in [-0.4, -0.2) is 27.6 Å². The molecule has 0 aliphatic carbocycles. The van der Waals surface area contributed by atoms with E-state index in [0.29, 0.717) is 6.42 Å². The van der Waals surface area contributed by atoms with Gasteiger partial charge in [0, 0.05) is 12.7 Å². The van der Waals surface area contributed by atoms with Crippen LogP contribution in [0.15, 0.2) is 6.20 Å². The molecule has 0 aliphatic rings. The van der Waals surface area contributed by atoms with Gasteiger partial charge in [-0.05, 0) is 26.7 Å². The van der Waals surface area contributed by atoms with Gasteiger partial charge in [0.15, 0.2) is 0 Å². The van der Waals surface area contributed by atoms with Gasteiger partial charge in [-0.1, -0.05) is 6.92 Å². The monoisotopic (exact) mass is 237 g/mol. The number of hydrogen-bond donors (Lipinski definition) is 2. The normalized spacial score (nSPS) is 12.2. The number of nitrogens with one attached hydrogen (secondary N) is 1. The molecule has 17 heavy (non-hydrogen) atoms. The lowest BCUT2D eigenvalue weighted by Gasteiger charge is -2.09. The molecule has 1 atom stereocenters. The van der Waals surface area contributed by atoms with E-state index >= 15 is 0 Å². The Balaban J connectivity index is 2.36. The summed E-state index contributed by atoms with van der Waals surface area (Å²) in [5.41, 5.74) is 1.74. The quantitative estimate of drug-likeness (QED) is 0.740. The predicted octanol–water partition coefficient (Wildman–Crippen LogP) is 2.01. The molecule has 0 saturated carbocycles. The van der Waals surface area contributed by atoms with Gasteiger partial charge in [-0.2, -0.15) is 0 Å². The van der Waals surface area contributed by atoms with E-state index < -0.39 is 5.97 Å². The third-order valence-electron chi connectivity index (χ3n) is 2.60. The summed E-state index contributed by atoms with van der Waals surface area (Å²) in [4.78, 5) is 19.2. The Bertz CT molecular complexity index is 393. The number of aromatic nitrogens is 2. The van der Waals surface area contributed by atoms with E-state index in [1.54, 1.807) is 13.1 Å². The molecule has 0 aromatic carbocycles. The minimum Gasteiger partial charge on any atom is -0.481 e. The molecule has 1 unspecified atom stereocenters. The van der Waals surface area contributed by atoms with Crippen molar-refractivity contribution >= 4 is 11.8 Å². The largest absolute Gasteiger partial charge is 0.481 e. The first kappa shape index (κ1) is 13.4. The minimum absolute atomic E-state index is 0.290. The van der Waals surface area contributed by atoms with Crippen LogP contribution in [0.1, 0.15) is 31.2 Å². The molecule has 1 aromatic heterocycles. The Morgan fingerprint density at radius 1 is 1.53 bits per heavy atom. The van der Waals surface area contributed by atoms with Crippen molar-refractivity contribution in [2.45, 2.75) is 33.6 Å². The van der Waals surface area contributed by atoms with E-state index in [-0.39, 0.29) is 5.92 Å². The van der Waals surface area contributed by atoms with Crippen LogP contribution in [0, 0.1) is 19.8 Å². The third kappa shape index (κ3) is 4.38. The van der Waals surface area contributed by atoms with Crippen LogP contribution < -0.4 is 5.32 Å². The summed E-state index contributed by atoms with van der Waals surface area (Å²) >= 11 is 0. The van der Waals surface area contributed by atoms with Crippen molar-refractivity contribution in [1.82, 2.24) is 9.97 Å². The Labute approximate surface area is 101 Å². The van der Waals surface area contributed by atoms with Crippen LogP contribution in [0.25, 0.3) is 0 Å². The lowest BCUT2D eigenvalue weighted by molar-refractivity contribution is -0.141. The number of carbonyl (C=O) groups is 1. The molecule has 0 saturated heterocycles. The molecule has 0 fully saturated rings. The number of nitrogens with zero attached hydrogens (tertiary/aromatic N) is 2. The lowest BCUT2D eigenvalue weighted by atomic mass is 10.1. The standard InChI is InChI=1S/C12H19N3O2/c1-8(12(16)17)5-4-6-13-11-10(3)14-7-9(2)15-11/h7-8H,4-6H2,1-3H3,(H,13,15)(H,16,17).